The van der Waals surface area contributed by atoms with Crippen LogP contribution in [-0.4, -0.2) is 40.0 Å². The number of aromatic nitrogens is 1. The van der Waals surface area contributed by atoms with Crippen molar-refractivity contribution in [1.29, 1.82) is 0 Å². The Hall–Kier alpha value is -2.12. The number of benzene rings is 2. The van der Waals surface area contributed by atoms with Crippen molar-refractivity contribution in [1.82, 2.24) is 4.98 Å². The van der Waals surface area contributed by atoms with Crippen molar-refractivity contribution in [3.63, 3.8) is 0 Å². The highest BCUT2D eigenvalue weighted by molar-refractivity contribution is 8.15. The van der Waals surface area contributed by atoms with Gasteiger partial charge in [0.15, 0.2) is 6.04 Å². The second-order valence-electron chi connectivity index (χ2n) is 5.12. The standard InChI is InChI=1S/C16H12N2O3S2/c1-21-16(20)12-7-22-14(18-12)15-17-11-5-2-8-6-9(19)3-4-10(8)13(11)23-15/h2-6,12,19H,7H2,1H3. The first-order chi connectivity index (χ1) is 11.2. The molecule has 3 aromatic rings. The van der Waals surface area contributed by atoms with Gasteiger partial charge in [-0.15, -0.1) is 23.1 Å². The number of aromatic hydroxyl groups is 1. The second kappa shape index (κ2) is 5.50. The zero-order valence-corrected chi connectivity index (χ0v) is 13.8. The number of rotatable bonds is 2. The summed E-state index contributed by atoms with van der Waals surface area (Å²) >= 11 is 3.08. The number of carbonyl (C=O) groups is 1. The van der Waals surface area contributed by atoms with Crippen LogP contribution in [0.15, 0.2) is 35.3 Å². The molecule has 0 bridgehead atoms. The van der Waals surface area contributed by atoms with Gasteiger partial charge >= 0.3 is 5.97 Å². The Kier molecular flexibility index (Phi) is 3.46. The molecule has 0 aliphatic carbocycles. The molecular weight excluding hydrogens is 332 g/mol. The molecule has 23 heavy (non-hydrogen) atoms. The summed E-state index contributed by atoms with van der Waals surface area (Å²) in [6.07, 6.45) is 0. The maximum atomic E-state index is 11.6. The van der Waals surface area contributed by atoms with Gasteiger partial charge in [0.05, 0.1) is 17.3 Å². The van der Waals surface area contributed by atoms with Crippen molar-refractivity contribution in [3.05, 3.63) is 35.3 Å². The number of aliphatic imine (C=N–C) groups is 1. The number of carbonyl (C=O) groups excluding carboxylic acids is 1. The van der Waals surface area contributed by atoms with E-state index in [0.717, 1.165) is 31.0 Å². The predicted octanol–water partition coefficient (Wildman–Crippen LogP) is 3.19. The Labute approximate surface area is 140 Å². The minimum atomic E-state index is -0.444. The average Bonchev–Trinajstić information content (AvgIpc) is 3.20. The van der Waals surface area contributed by atoms with Crippen LogP contribution in [-0.2, 0) is 9.53 Å². The van der Waals surface area contributed by atoms with E-state index in [0.29, 0.717) is 5.75 Å². The van der Waals surface area contributed by atoms with Crippen molar-refractivity contribution in [3.8, 4) is 5.75 Å². The summed E-state index contributed by atoms with van der Waals surface area (Å²) in [7, 11) is 1.37. The van der Waals surface area contributed by atoms with E-state index >= 15 is 0 Å². The smallest absolute Gasteiger partial charge is 0.331 e. The molecular formula is C16H12N2O3S2. The second-order valence-corrected chi connectivity index (χ2v) is 7.13. The maximum absolute atomic E-state index is 11.6. The summed E-state index contributed by atoms with van der Waals surface area (Å²) in [5.74, 6) is 0.528. The molecule has 2 aromatic carbocycles. The van der Waals surface area contributed by atoms with Crippen LogP contribution >= 0.6 is 23.1 Å². The molecule has 0 saturated heterocycles. The quantitative estimate of drug-likeness (QED) is 0.723. The van der Waals surface area contributed by atoms with Crippen LogP contribution in [0.5, 0.6) is 5.75 Å². The summed E-state index contributed by atoms with van der Waals surface area (Å²) in [6.45, 7) is 0. The largest absolute Gasteiger partial charge is 0.508 e. The van der Waals surface area contributed by atoms with E-state index in [1.165, 1.54) is 18.9 Å². The number of ether oxygens (including phenoxy) is 1. The van der Waals surface area contributed by atoms with E-state index in [4.69, 9.17) is 4.74 Å². The number of phenolic OH excluding ortho intramolecular Hbond substituents is 1. The number of nitrogens with zero attached hydrogens (tertiary/aromatic N) is 2. The van der Waals surface area contributed by atoms with Gasteiger partial charge in [-0.1, -0.05) is 6.07 Å². The minimum Gasteiger partial charge on any atom is -0.508 e. The Balaban J connectivity index is 1.81. The molecule has 1 N–H and O–H groups in total. The first-order valence-electron chi connectivity index (χ1n) is 6.97. The lowest BCUT2D eigenvalue weighted by Gasteiger charge is -2.00. The fraction of sp³-hybridized carbons (Fsp3) is 0.188. The van der Waals surface area contributed by atoms with Gasteiger partial charge in [-0.2, -0.15) is 0 Å². The molecule has 2 heterocycles. The lowest BCUT2D eigenvalue weighted by Crippen LogP contribution is -2.19. The van der Waals surface area contributed by atoms with E-state index < -0.39 is 6.04 Å². The highest BCUT2D eigenvalue weighted by atomic mass is 32.2. The highest BCUT2D eigenvalue weighted by Crippen LogP contribution is 2.35. The molecule has 0 fully saturated rings. The third-order valence-corrected chi connectivity index (χ3v) is 5.96. The van der Waals surface area contributed by atoms with Crippen LogP contribution in [0.4, 0.5) is 0 Å². The summed E-state index contributed by atoms with van der Waals surface area (Å²) in [5.41, 5.74) is 0.896. The Morgan fingerprint density at radius 3 is 3.04 bits per heavy atom. The van der Waals surface area contributed by atoms with Gasteiger partial charge in [0.1, 0.15) is 15.8 Å². The average molecular weight is 344 g/mol. The van der Waals surface area contributed by atoms with Gasteiger partial charge in [-0.25, -0.2) is 9.78 Å². The number of fused-ring (bicyclic) bond motifs is 3. The van der Waals surface area contributed by atoms with E-state index in [-0.39, 0.29) is 11.7 Å². The van der Waals surface area contributed by atoms with Gasteiger partial charge in [0.25, 0.3) is 0 Å². The van der Waals surface area contributed by atoms with Gasteiger partial charge in [0.2, 0.25) is 0 Å². The predicted molar refractivity (Wildman–Crippen MR) is 93.6 cm³/mol. The van der Waals surface area contributed by atoms with Crippen LogP contribution in [0, 0.1) is 0 Å². The molecule has 1 aliphatic rings. The van der Waals surface area contributed by atoms with E-state index in [9.17, 15) is 9.90 Å². The van der Waals surface area contributed by atoms with Gasteiger partial charge in [0, 0.05) is 11.1 Å². The molecule has 116 valence electrons. The summed E-state index contributed by atoms with van der Waals surface area (Å²) in [4.78, 5) is 20.7. The molecule has 7 heteroatoms. The summed E-state index contributed by atoms with van der Waals surface area (Å²) in [5, 5.41) is 13.2. The number of methoxy groups -OCH3 is 1. The van der Waals surface area contributed by atoms with E-state index in [2.05, 4.69) is 9.98 Å². The molecule has 1 atom stereocenters. The minimum absolute atomic E-state index is 0.248. The van der Waals surface area contributed by atoms with Crippen LogP contribution in [0.2, 0.25) is 0 Å². The highest BCUT2D eigenvalue weighted by Gasteiger charge is 2.28. The zero-order chi connectivity index (χ0) is 16.0. The van der Waals surface area contributed by atoms with Crippen LogP contribution in [0.3, 0.4) is 0 Å². The lowest BCUT2D eigenvalue weighted by atomic mass is 10.1. The molecule has 5 nitrogen and oxygen atoms in total. The number of phenols is 1. The third kappa shape index (κ3) is 2.46. The van der Waals surface area contributed by atoms with Crippen LogP contribution in [0.1, 0.15) is 5.01 Å². The molecule has 1 unspecified atom stereocenters. The van der Waals surface area contributed by atoms with Crippen molar-refractivity contribution in [2.45, 2.75) is 6.04 Å². The zero-order valence-electron chi connectivity index (χ0n) is 12.1. The van der Waals surface area contributed by atoms with Crippen LogP contribution < -0.4 is 0 Å². The van der Waals surface area contributed by atoms with Crippen molar-refractivity contribution < 1.29 is 14.6 Å². The number of thiazole rings is 1. The molecule has 0 radical (unpaired) electrons. The maximum Gasteiger partial charge on any atom is 0.331 e. The Bertz CT molecular complexity index is 965. The molecule has 0 saturated carbocycles. The fourth-order valence-corrected chi connectivity index (χ4v) is 4.73. The topological polar surface area (TPSA) is 71.8 Å². The molecule has 4 rings (SSSR count). The summed E-state index contributed by atoms with van der Waals surface area (Å²) < 4.78 is 5.80. The number of hydrogen-bond donors (Lipinski definition) is 1. The number of thioether (sulfide) groups is 1. The fourth-order valence-electron chi connectivity index (χ4n) is 2.54. The Morgan fingerprint density at radius 2 is 2.22 bits per heavy atom. The van der Waals surface area contributed by atoms with Crippen molar-refractivity contribution >= 4 is 55.1 Å². The normalized spacial score (nSPS) is 17.6. The van der Waals surface area contributed by atoms with Gasteiger partial charge < -0.3 is 9.84 Å². The van der Waals surface area contributed by atoms with E-state index in [1.54, 1.807) is 23.5 Å². The lowest BCUT2D eigenvalue weighted by molar-refractivity contribution is -0.141. The number of esters is 1. The number of hydrogen-bond acceptors (Lipinski definition) is 7. The third-order valence-electron chi connectivity index (χ3n) is 3.66. The first kappa shape index (κ1) is 14.5. The van der Waals surface area contributed by atoms with Gasteiger partial charge in [-0.3, -0.25) is 4.99 Å². The first-order valence-corrected chi connectivity index (χ1v) is 8.77. The van der Waals surface area contributed by atoms with E-state index in [1.807, 2.05) is 18.2 Å². The molecule has 0 spiro atoms. The van der Waals surface area contributed by atoms with Gasteiger partial charge in [-0.05, 0) is 29.7 Å². The SMILES string of the molecule is COC(=O)C1CSC(c2nc3ccc4cc(O)ccc4c3s2)=N1. The van der Waals surface area contributed by atoms with Crippen molar-refractivity contribution in [2.24, 2.45) is 4.99 Å². The van der Waals surface area contributed by atoms with Crippen LogP contribution in [0.25, 0.3) is 21.0 Å². The molecule has 1 aromatic heterocycles. The Morgan fingerprint density at radius 1 is 1.35 bits per heavy atom. The molecule has 0 amide bonds. The summed E-state index contributed by atoms with van der Waals surface area (Å²) in [6, 6.07) is 8.76. The monoisotopic (exact) mass is 344 g/mol. The van der Waals surface area contributed by atoms with Crippen molar-refractivity contribution in [2.75, 3.05) is 12.9 Å². The molecule has 1 aliphatic heterocycles.